The van der Waals surface area contributed by atoms with Crippen LogP contribution in [0.2, 0.25) is 0 Å². The molecule has 0 unspecified atom stereocenters. The summed E-state index contributed by atoms with van der Waals surface area (Å²) in [4.78, 5) is 0. The van der Waals surface area contributed by atoms with Crippen molar-refractivity contribution in [3.8, 4) is 0 Å². The predicted octanol–water partition coefficient (Wildman–Crippen LogP) is 2.90. The van der Waals surface area contributed by atoms with E-state index < -0.39 is 0 Å². The number of hydrogen-bond donors (Lipinski definition) is 1. The molecule has 0 saturated heterocycles. The highest BCUT2D eigenvalue weighted by Gasteiger charge is 2.33. The summed E-state index contributed by atoms with van der Waals surface area (Å²) in [6.45, 7) is 0.887. The minimum Gasteiger partial charge on any atom is -0.407 e. The van der Waals surface area contributed by atoms with Gasteiger partial charge in [-0.15, -0.1) is 16.7 Å². The van der Waals surface area contributed by atoms with Crippen molar-refractivity contribution < 1.29 is 4.42 Å². The Morgan fingerprint density at radius 1 is 1.44 bits per heavy atom. The van der Waals surface area contributed by atoms with Crippen LogP contribution < -0.4 is 5.32 Å². The monoisotopic (exact) mass is 261 g/mol. The van der Waals surface area contributed by atoms with Crippen LogP contribution in [0.25, 0.3) is 0 Å². The fourth-order valence-corrected chi connectivity index (χ4v) is 3.11. The second-order valence-corrected chi connectivity index (χ2v) is 5.62. The molecule has 0 atom stereocenters. The zero-order chi connectivity index (χ0) is 11.4. The molecule has 90 valence electrons. The molecular weight excluding hydrogens is 246 g/mol. The van der Waals surface area contributed by atoms with Crippen molar-refractivity contribution in [2.75, 3.05) is 18.1 Å². The highest BCUT2D eigenvalue weighted by molar-refractivity contribution is 8.00. The topological polar surface area (TPSA) is 51.0 Å². The Balaban J connectivity index is 1.90. The quantitative estimate of drug-likeness (QED) is 0.826. The van der Waals surface area contributed by atoms with Gasteiger partial charge in [0.15, 0.2) is 0 Å². The Labute approximate surface area is 105 Å². The first-order chi connectivity index (χ1) is 7.78. The normalized spacial score (nSPS) is 18.9. The van der Waals surface area contributed by atoms with Crippen LogP contribution >= 0.6 is 23.4 Å². The highest BCUT2D eigenvalue weighted by Crippen LogP contribution is 2.40. The summed E-state index contributed by atoms with van der Waals surface area (Å²) < 4.78 is 5.65. The molecule has 0 radical (unpaired) electrons. The third-order valence-electron chi connectivity index (χ3n) is 3.09. The van der Waals surface area contributed by atoms with Gasteiger partial charge in [-0.2, -0.15) is 11.8 Å². The predicted molar refractivity (Wildman–Crippen MR) is 67.1 cm³/mol. The van der Waals surface area contributed by atoms with E-state index in [0.717, 1.165) is 6.54 Å². The molecule has 16 heavy (non-hydrogen) atoms. The van der Waals surface area contributed by atoms with Crippen LogP contribution in [0.15, 0.2) is 4.42 Å². The first-order valence-electron chi connectivity index (χ1n) is 5.45. The number of anilines is 1. The van der Waals surface area contributed by atoms with Gasteiger partial charge in [-0.3, -0.25) is 0 Å². The standard InChI is InChI=1S/C10H16ClN3OS/c1-16-10(4-2-3-5-10)7-12-9-14-13-8(6-11)15-9/h2-7H2,1H3,(H,12,14). The fraction of sp³-hybridized carbons (Fsp3) is 0.800. The van der Waals surface area contributed by atoms with E-state index in [1.807, 2.05) is 11.8 Å². The van der Waals surface area contributed by atoms with Crippen LogP contribution in [-0.2, 0) is 5.88 Å². The van der Waals surface area contributed by atoms with Crippen molar-refractivity contribution in [3.05, 3.63) is 5.89 Å². The van der Waals surface area contributed by atoms with E-state index >= 15 is 0 Å². The maximum absolute atomic E-state index is 5.59. The van der Waals surface area contributed by atoms with Gasteiger partial charge < -0.3 is 9.73 Å². The van der Waals surface area contributed by atoms with E-state index in [2.05, 4.69) is 21.8 Å². The summed E-state index contributed by atoms with van der Waals surface area (Å²) in [7, 11) is 0. The lowest BCUT2D eigenvalue weighted by Crippen LogP contribution is -2.30. The maximum Gasteiger partial charge on any atom is 0.315 e. The van der Waals surface area contributed by atoms with Crippen LogP contribution in [0.4, 0.5) is 6.01 Å². The Bertz CT molecular complexity index is 339. The van der Waals surface area contributed by atoms with E-state index in [9.17, 15) is 0 Å². The number of alkyl halides is 1. The van der Waals surface area contributed by atoms with Crippen LogP contribution in [0.1, 0.15) is 31.6 Å². The molecule has 1 fully saturated rings. The molecule has 1 aromatic heterocycles. The summed E-state index contributed by atoms with van der Waals surface area (Å²) in [6.07, 6.45) is 7.33. The lowest BCUT2D eigenvalue weighted by Gasteiger charge is -2.26. The lowest BCUT2D eigenvalue weighted by atomic mass is 10.1. The molecule has 6 heteroatoms. The van der Waals surface area contributed by atoms with Gasteiger partial charge in [-0.1, -0.05) is 17.9 Å². The van der Waals surface area contributed by atoms with E-state index in [1.54, 1.807) is 0 Å². The number of thioether (sulfide) groups is 1. The maximum atomic E-state index is 5.59. The number of rotatable bonds is 5. The van der Waals surface area contributed by atoms with Gasteiger partial charge in [-0.05, 0) is 19.1 Å². The van der Waals surface area contributed by atoms with E-state index in [4.69, 9.17) is 16.0 Å². The molecular formula is C10H16ClN3OS. The molecule has 0 aromatic carbocycles. The zero-order valence-corrected chi connectivity index (χ0v) is 10.9. The van der Waals surface area contributed by atoms with Gasteiger partial charge in [0, 0.05) is 11.3 Å². The molecule has 1 heterocycles. The SMILES string of the molecule is CSC1(CNc2nnc(CCl)o2)CCCC1. The molecule has 0 bridgehead atoms. The van der Waals surface area contributed by atoms with Gasteiger partial charge in [0.2, 0.25) is 5.89 Å². The third kappa shape index (κ3) is 2.63. The summed E-state index contributed by atoms with van der Waals surface area (Å²) >= 11 is 7.53. The lowest BCUT2D eigenvalue weighted by molar-refractivity contribution is 0.518. The smallest absolute Gasteiger partial charge is 0.315 e. The average molecular weight is 262 g/mol. The Kier molecular flexibility index (Phi) is 3.97. The minimum atomic E-state index is 0.266. The van der Waals surface area contributed by atoms with Crippen molar-refractivity contribution in [2.45, 2.75) is 36.3 Å². The largest absolute Gasteiger partial charge is 0.407 e. The van der Waals surface area contributed by atoms with Crippen molar-refractivity contribution in [1.29, 1.82) is 0 Å². The summed E-state index contributed by atoms with van der Waals surface area (Å²) in [5.41, 5.74) is 0. The fourth-order valence-electron chi connectivity index (χ4n) is 2.09. The number of nitrogens with zero attached hydrogens (tertiary/aromatic N) is 2. The van der Waals surface area contributed by atoms with E-state index in [1.165, 1.54) is 25.7 Å². The molecule has 1 aromatic rings. The molecule has 1 aliphatic carbocycles. The minimum absolute atomic E-state index is 0.266. The van der Waals surface area contributed by atoms with Gasteiger partial charge in [0.25, 0.3) is 0 Å². The molecule has 4 nitrogen and oxygen atoms in total. The summed E-state index contributed by atoms with van der Waals surface area (Å²) in [5.74, 6) is 0.733. The van der Waals surface area contributed by atoms with Gasteiger partial charge >= 0.3 is 6.01 Å². The van der Waals surface area contributed by atoms with Crippen molar-refractivity contribution in [3.63, 3.8) is 0 Å². The number of hydrogen-bond acceptors (Lipinski definition) is 5. The van der Waals surface area contributed by atoms with Crippen molar-refractivity contribution in [2.24, 2.45) is 0 Å². The molecule has 1 aliphatic rings. The highest BCUT2D eigenvalue weighted by atomic mass is 35.5. The molecule has 1 saturated carbocycles. The third-order valence-corrected chi connectivity index (χ3v) is 4.74. The summed E-state index contributed by atoms with van der Waals surface area (Å²) in [6, 6.07) is 0.482. The first-order valence-corrected chi connectivity index (χ1v) is 7.21. The van der Waals surface area contributed by atoms with Gasteiger partial charge in [0.05, 0.1) is 0 Å². The van der Waals surface area contributed by atoms with Crippen LogP contribution in [0.3, 0.4) is 0 Å². The first kappa shape index (κ1) is 12.0. The van der Waals surface area contributed by atoms with Gasteiger partial charge in [0.1, 0.15) is 5.88 Å². The average Bonchev–Trinajstić information content (AvgIpc) is 2.96. The van der Waals surface area contributed by atoms with E-state index in [-0.39, 0.29) is 5.88 Å². The van der Waals surface area contributed by atoms with Gasteiger partial charge in [-0.25, -0.2) is 0 Å². The molecule has 0 spiro atoms. The van der Waals surface area contributed by atoms with Crippen LogP contribution in [0, 0.1) is 0 Å². The van der Waals surface area contributed by atoms with Crippen LogP contribution in [-0.4, -0.2) is 27.7 Å². The van der Waals surface area contributed by atoms with Crippen molar-refractivity contribution >= 4 is 29.4 Å². The number of halogens is 1. The Hall–Kier alpha value is -0.420. The van der Waals surface area contributed by atoms with Crippen LogP contribution in [0.5, 0.6) is 0 Å². The second kappa shape index (κ2) is 5.27. The van der Waals surface area contributed by atoms with E-state index in [0.29, 0.717) is 16.7 Å². The number of aromatic nitrogens is 2. The summed E-state index contributed by atoms with van der Waals surface area (Å²) in [5, 5.41) is 10.9. The Morgan fingerprint density at radius 2 is 2.19 bits per heavy atom. The molecule has 0 aliphatic heterocycles. The Morgan fingerprint density at radius 3 is 2.75 bits per heavy atom. The molecule has 1 N–H and O–H groups in total. The zero-order valence-electron chi connectivity index (χ0n) is 9.33. The second-order valence-electron chi connectivity index (χ2n) is 4.08. The van der Waals surface area contributed by atoms with Crippen molar-refractivity contribution in [1.82, 2.24) is 10.2 Å². The molecule has 0 amide bonds. The number of nitrogens with one attached hydrogen (secondary N) is 1. The molecule has 2 rings (SSSR count).